The van der Waals surface area contributed by atoms with Crippen LogP contribution in [0.3, 0.4) is 0 Å². The van der Waals surface area contributed by atoms with E-state index >= 15 is 0 Å². The summed E-state index contributed by atoms with van der Waals surface area (Å²) in [7, 11) is 3.08. The van der Waals surface area contributed by atoms with Crippen LogP contribution < -0.4 is 9.47 Å². The maximum absolute atomic E-state index is 12.9. The zero-order valence-electron chi connectivity index (χ0n) is 21.8. The molecule has 198 valence electrons. The van der Waals surface area contributed by atoms with Gasteiger partial charge in [-0.2, -0.15) is 0 Å². The van der Waals surface area contributed by atoms with Crippen molar-refractivity contribution in [1.29, 1.82) is 0 Å². The SMILES string of the molecule is COc1ccc(C(=O)O[C@H]([C@@H](C)[C@@H](C)[C@H](OC(=O)c2ccc(OC)cc2)[C@H](C)CO)[C@@H](C)CO)cc1. The van der Waals surface area contributed by atoms with Gasteiger partial charge in [-0.15, -0.1) is 0 Å². The molecule has 2 aromatic carbocycles. The summed E-state index contributed by atoms with van der Waals surface area (Å²) in [6, 6.07) is 13.1. The lowest BCUT2D eigenvalue weighted by Gasteiger charge is -2.37. The van der Waals surface area contributed by atoms with Crippen molar-refractivity contribution in [2.45, 2.75) is 39.9 Å². The van der Waals surface area contributed by atoms with Crippen LogP contribution in [0.25, 0.3) is 0 Å². The Bertz CT molecular complexity index is 877. The van der Waals surface area contributed by atoms with E-state index in [1.807, 2.05) is 13.8 Å². The minimum absolute atomic E-state index is 0.191. The van der Waals surface area contributed by atoms with E-state index < -0.39 is 24.1 Å². The van der Waals surface area contributed by atoms with Gasteiger partial charge in [0, 0.05) is 25.0 Å². The smallest absolute Gasteiger partial charge is 0.338 e. The second-order valence-electron chi connectivity index (χ2n) is 9.23. The summed E-state index contributed by atoms with van der Waals surface area (Å²) in [5, 5.41) is 19.7. The summed E-state index contributed by atoms with van der Waals surface area (Å²) in [6.45, 7) is 6.99. The van der Waals surface area contributed by atoms with Gasteiger partial charge >= 0.3 is 11.9 Å². The first-order valence-electron chi connectivity index (χ1n) is 12.1. The monoisotopic (exact) mass is 502 g/mol. The molecule has 0 aliphatic rings. The zero-order valence-corrected chi connectivity index (χ0v) is 21.8. The first-order valence-corrected chi connectivity index (χ1v) is 12.1. The quantitative estimate of drug-likeness (QED) is 0.396. The van der Waals surface area contributed by atoms with Crippen LogP contribution in [-0.4, -0.2) is 61.8 Å². The summed E-state index contributed by atoms with van der Waals surface area (Å²) in [6.07, 6.45) is -1.32. The van der Waals surface area contributed by atoms with Crippen molar-refractivity contribution in [2.24, 2.45) is 23.7 Å². The number of rotatable bonds is 13. The van der Waals surface area contributed by atoms with Gasteiger partial charge in [-0.1, -0.05) is 27.7 Å². The van der Waals surface area contributed by atoms with E-state index in [0.717, 1.165) is 0 Å². The lowest BCUT2D eigenvalue weighted by molar-refractivity contribution is -0.0619. The second kappa shape index (κ2) is 13.8. The lowest BCUT2D eigenvalue weighted by atomic mass is 9.78. The van der Waals surface area contributed by atoms with Crippen LogP contribution in [0.15, 0.2) is 48.5 Å². The molecular formula is C28H38O8. The maximum atomic E-state index is 12.9. The van der Waals surface area contributed by atoms with Gasteiger partial charge in [-0.05, 0) is 60.4 Å². The molecule has 0 aliphatic carbocycles. The third-order valence-corrected chi connectivity index (χ3v) is 6.70. The molecule has 8 heteroatoms. The highest BCUT2D eigenvalue weighted by Gasteiger charge is 2.38. The maximum Gasteiger partial charge on any atom is 0.338 e. The highest BCUT2D eigenvalue weighted by Crippen LogP contribution is 2.32. The number of esters is 2. The van der Waals surface area contributed by atoms with Crippen molar-refractivity contribution in [1.82, 2.24) is 0 Å². The summed E-state index contributed by atoms with van der Waals surface area (Å²) < 4.78 is 22.0. The molecule has 0 saturated carbocycles. The Labute approximate surface area is 213 Å². The van der Waals surface area contributed by atoms with Crippen molar-refractivity contribution < 1.29 is 38.7 Å². The fraction of sp³-hybridized carbons (Fsp3) is 0.500. The molecule has 2 rings (SSSR count). The van der Waals surface area contributed by atoms with E-state index in [1.165, 1.54) is 0 Å². The summed E-state index contributed by atoms with van der Waals surface area (Å²) in [4.78, 5) is 25.8. The molecule has 0 aliphatic heterocycles. The Kier molecular flexibility index (Phi) is 11.2. The van der Waals surface area contributed by atoms with E-state index in [2.05, 4.69) is 0 Å². The van der Waals surface area contributed by atoms with E-state index in [1.54, 1.807) is 76.6 Å². The molecule has 0 radical (unpaired) electrons. The molecule has 0 amide bonds. The largest absolute Gasteiger partial charge is 0.497 e. The Morgan fingerprint density at radius 1 is 0.639 bits per heavy atom. The minimum atomic E-state index is -0.660. The number of carbonyl (C=O) groups is 2. The van der Waals surface area contributed by atoms with Gasteiger partial charge in [0.25, 0.3) is 0 Å². The molecule has 2 N–H and O–H groups in total. The molecule has 8 nitrogen and oxygen atoms in total. The first-order chi connectivity index (χ1) is 17.2. The number of hydrogen-bond acceptors (Lipinski definition) is 8. The van der Waals surface area contributed by atoms with E-state index in [0.29, 0.717) is 22.6 Å². The molecule has 6 atom stereocenters. The fourth-order valence-electron chi connectivity index (χ4n) is 4.13. The summed E-state index contributed by atoms with van der Waals surface area (Å²) >= 11 is 0. The second-order valence-corrected chi connectivity index (χ2v) is 9.23. The predicted octanol–water partition coefficient (Wildman–Crippen LogP) is 3.98. The van der Waals surface area contributed by atoms with E-state index in [9.17, 15) is 19.8 Å². The molecule has 0 spiro atoms. The number of hydrogen-bond donors (Lipinski definition) is 2. The molecule has 0 fully saturated rings. The van der Waals surface area contributed by atoms with Crippen molar-refractivity contribution >= 4 is 11.9 Å². The van der Waals surface area contributed by atoms with Gasteiger partial charge in [0.05, 0.1) is 25.3 Å². The van der Waals surface area contributed by atoms with Crippen molar-refractivity contribution in [3.05, 3.63) is 59.7 Å². The molecule has 0 bridgehead atoms. The number of benzene rings is 2. The van der Waals surface area contributed by atoms with Crippen LogP contribution in [0, 0.1) is 23.7 Å². The number of methoxy groups -OCH3 is 2. The van der Waals surface area contributed by atoms with Crippen LogP contribution in [0.4, 0.5) is 0 Å². The number of aliphatic hydroxyl groups excluding tert-OH is 2. The third-order valence-electron chi connectivity index (χ3n) is 6.70. The molecule has 0 saturated heterocycles. The Morgan fingerprint density at radius 3 is 1.19 bits per heavy atom. The van der Waals surface area contributed by atoms with Gasteiger partial charge in [0.2, 0.25) is 0 Å². The van der Waals surface area contributed by atoms with Crippen LogP contribution >= 0.6 is 0 Å². The minimum Gasteiger partial charge on any atom is -0.497 e. The van der Waals surface area contributed by atoms with Crippen LogP contribution in [0.5, 0.6) is 11.5 Å². The third kappa shape index (κ3) is 7.45. The molecule has 0 heterocycles. The van der Waals surface area contributed by atoms with Crippen molar-refractivity contribution in [2.75, 3.05) is 27.4 Å². The lowest BCUT2D eigenvalue weighted by Crippen LogP contribution is -2.43. The summed E-state index contributed by atoms with van der Waals surface area (Å²) in [5.74, 6) is -1.16. The van der Waals surface area contributed by atoms with Crippen LogP contribution in [-0.2, 0) is 9.47 Å². The van der Waals surface area contributed by atoms with Gasteiger partial charge in [-0.25, -0.2) is 9.59 Å². The Hall–Kier alpha value is -3.10. The van der Waals surface area contributed by atoms with Crippen molar-refractivity contribution in [3.8, 4) is 11.5 Å². The zero-order chi connectivity index (χ0) is 26.8. The molecule has 0 aromatic heterocycles. The van der Waals surface area contributed by atoms with E-state index in [-0.39, 0.29) is 36.9 Å². The average molecular weight is 503 g/mol. The molecule has 0 unspecified atom stereocenters. The first kappa shape index (κ1) is 29.1. The highest BCUT2D eigenvalue weighted by molar-refractivity contribution is 5.90. The molecule has 36 heavy (non-hydrogen) atoms. The predicted molar refractivity (Wildman–Crippen MR) is 135 cm³/mol. The van der Waals surface area contributed by atoms with Gasteiger partial charge in [-0.3, -0.25) is 0 Å². The van der Waals surface area contributed by atoms with Crippen LogP contribution in [0.1, 0.15) is 48.4 Å². The standard InChI is InChI=1S/C28H38O8/c1-17(15-29)25(35-27(31)21-7-11-23(33-5)12-8-21)19(3)20(4)26(18(2)16-30)36-28(32)22-9-13-24(34-6)14-10-22/h7-14,17-20,25-26,29-30H,15-16H2,1-6H3/t17-,18+,19-,20+,25-,26+. The molecule has 2 aromatic rings. The van der Waals surface area contributed by atoms with Gasteiger partial charge in [0.15, 0.2) is 0 Å². The van der Waals surface area contributed by atoms with Crippen LogP contribution in [0.2, 0.25) is 0 Å². The average Bonchev–Trinajstić information content (AvgIpc) is 2.92. The Morgan fingerprint density at radius 2 is 0.944 bits per heavy atom. The van der Waals surface area contributed by atoms with Crippen molar-refractivity contribution in [3.63, 3.8) is 0 Å². The highest BCUT2D eigenvalue weighted by atomic mass is 16.6. The Balaban J connectivity index is 2.23. The fourth-order valence-corrected chi connectivity index (χ4v) is 4.13. The van der Waals surface area contributed by atoms with Gasteiger partial charge in [0.1, 0.15) is 23.7 Å². The topological polar surface area (TPSA) is 112 Å². The van der Waals surface area contributed by atoms with Gasteiger partial charge < -0.3 is 29.2 Å². The normalized spacial score (nSPS) is 16.1. The number of carbonyl (C=O) groups excluding carboxylic acids is 2. The number of ether oxygens (including phenoxy) is 4. The molecular weight excluding hydrogens is 464 g/mol. The van der Waals surface area contributed by atoms with E-state index in [4.69, 9.17) is 18.9 Å². The number of aliphatic hydroxyl groups is 2. The summed E-state index contributed by atoms with van der Waals surface area (Å²) in [5.41, 5.74) is 0.717.